The first kappa shape index (κ1) is 13.1. The van der Waals surface area contributed by atoms with Gasteiger partial charge in [0.25, 0.3) is 0 Å². The minimum Gasteiger partial charge on any atom is -0.493 e. The lowest BCUT2D eigenvalue weighted by atomic mass is 10.1. The van der Waals surface area contributed by atoms with Gasteiger partial charge in [0, 0.05) is 5.56 Å². The lowest BCUT2D eigenvalue weighted by Crippen LogP contribution is -2.04. The molecule has 3 nitrogen and oxygen atoms in total. The molecule has 0 radical (unpaired) electrons. The molecule has 19 heavy (non-hydrogen) atoms. The minimum atomic E-state index is -0.900. The summed E-state index contributed by atoms with van der Waals surface area (Å²) < 4.78 is 18.8. The average molecular weight is 260 g/mol. The molecule has 0 aliphatic carbocycles. The Bertz CT molecular complexity index is 564. The highest BCUT2D eigenvalue weighted by Crippen LogP contribution is 2.24. The summed E-state index contributed by atoms with van der Waals surface area (Å²) in [7, 11) is 0. The molecule has 0 aliphatic heterocycles. The first-order valence-corrected chi connectivity index (χ1v) is 5.86. The van der Waals surface area contributed by atoms with E-state index in [9.17, 15) is 9.18 Å². The Morgan fingerprint density at radius 1 is 1.11 bits per heavy atom. The zero-order valence-corrected chi connectivity index (χ0v) is 10.2. The largest absolute Gasteiger partial charge is 0.493 e. The van der Waals surface area contributed by atoms with Crippen molar-refractivity contribution in [3.63, 3.8) is 0 Å². The highest BCUT2D eigenvalue weighted by Gasteiger charge is 2.04. The molecule has 98 valence electrons. The standard InChI is InChI=1S/C15H13FO3/c16-14-4-2-1-3-13(14)11-5-7-12(8-6-11)19-10-9-15(17)18/h1-8H,9-10H2,(H,17,18). The fraction of sp³-hybridized carbons (Fsp3) is 0.133. The van der Waals surface area contributed by atoms with Gasteiger partial charge in [-0.25, -0.2) is 4.39 Å². The van der Waals surface area contributed by atoms with E-state index in [-0.39, 0.29) is 18.8 Å². The van der Waals surface area contributed by atoms with Crippen LogP contribution >= 0.6 is 0 Å². The molecule has 0 fully saturated rings. The molecule has 0 amide bonds. The molecule has 0 saturated carbocycles. The topological polar surface area (TPSA) is 46.5 Å². The van der Waals surface area contributed by atoms with Gasteiger partial charge in [0.1, 0.15) is 11.6 Å². The Balaban J connectivity index is 2.06. The van der Waals surface area contributed by atoms with Crippen molar-refractivity contribution in [2.24, 2.45) is 0 Å². The van der Waals surface area contributed by atoms with Crippen molar-refractivity contribution in [3.8, 4) is 16.9 Å². The summed E-state index contributed by atoms with van der Waals surface area (Å²) >= 11 is 0. The molecule has 2 aromatic rings. The van der Waals surface area contributed by atoms with Crippen LogP contribution in [0.5, 0.6) is 5.75 Å². The molecule has 0 aliphatic rings. The summed E-state index contributed by atoms with van der Waals surface area (Å²) in [6, 6.07) is 13.4. The first-order chi connectivity index (χ1) is 9.16. The molecule has 1 N–H and O–H groups in total. The molecule has 0 saturated heterocycles. The third-order valence-electron chi connectivity index (χ3n) is 2.62. The smallest absolute Gasteiger partial charge is 0.306 e. The van der Waals surface area contributed by atoms with Gasteiger partial charge in [0.15, 0.2) is 0 Å². The van der Waals surface area contributed by atoms with Gasteiger partial charge in [-0.2, -0.15) is 0 Å². The van der Waals surface area contributed by atoms with Gasteiger partial charge in [-0.05, 0) is 23.8 Å². The van der Waals surface area contributed by atoms with E-state index in [0.29, 0.717) is 11.3 Å². The van der Waals surface area contributed by atoms with Crippen LogP contribution in [-0.2, 0) is 4.79 Å². The predicted octanol–water partition coefficient (Wildman–Crippen LogP) is 3.35. The highest BCUT2D eigenvalue weighted by molar-refractivity contribution is 5.67. The van der Waals surface area contributed by atoms with Crippen LogP contribution in [-0.4, -0.2) is 17.7 Å². The Morgan fingerprint density at radius 2 is 1.79 bits per heavy atom. The van der Waals surface area contributed by atoms with E-state index in [1.165, 1.54) is 6.07 Å². The number of carboxylic acids is 1. The summed E-state index contributed by atoms with van der Waals surface area (Å²) in [5.74, 6) is -0.605. The van der Waals surface area contributed by atoms with Crippen molar-refractivity contribution in [3.05, 3.63) is 54.3 Å². The Labute approximate surface area is 110 Å². The van der Waals surface area contributed by atoms with Crippen LogP contribution in [0.25, 0.3) is 11.1 Å². The van der Waals surface area contributed by atoms with Crippen LogP contribution < -0.4 is 4.74 Å². The van der Waals surface area contributed by atoms with Crippen molar-refractivity contribution >= 4 is 5.97 Å². The molecule has 0 atom stereocenters. The van der Waals surface area contributed by atoms with E-state index in [4.69, 9.17) is 9.84 Å². The van der Waals surface area contributed by atoms with Gasteiger partial charge in [-0.15, -0.1) is 0 Å². The molecule has 2 aromatic carbocycles. The number of carbonyl (C=O) groups is 1. The maximum Gasteiger partial charge on any atom is 0.306 e. The van der Waals surface area contributed by atoms with E-state index in [1.54, 1.807) is 42.5 Å². The summed E-state index contributed by atoms with van der Waals surface area (Å²) in [6.07, 6.45) is -0.0466. The molecular weight excluding hydrogens is 247 g/mol. The molecule has 0 aromatic heterocycles. The second-order valence-electron chi connectivity index (χ2n) is 4.00. The third-order valence-corrected chi connectivity index (χ3v) is 2.62. The number of carboxylic acid groups (broad SMARTS) is 1. The van der Waals surface area contributed by atoms with Gasteiger partial charge < -0.3 is 9.84 Å². The predicted molar refractivity (Wildman–Crippen MR) is 69.6 cm³/mol. The third kappa shape index (κ3) is 3.55. The monoisotopic (exact) mass is 260 g/mol. The summed E-state index contributed by atoms with van der Waals surface area (Å²) in [5, 5.41) is 8.49. The van der Waals surface area contributed by atoms with E-state index in [2.05, 4.69) is 0 Å². The summed E-state index contributed by atoms with van der Waals surface area (Å²) in [5.41, 5.74) is 1.28. The maximum absolute atomic E-state index is 13.6. The lowest BCUT2D eigenvalue weighted by molar-refractivity contribution is -0.137. The van der Waals surface area contributed by atoms with Crippen molar-refractivity contribution in [2.45, 2.75) is 6.42 Å². The summed E-state index contributed by atoms with van der Waals surface area (Å²) in [4.78, 5) is 10.3. The normalized spacial score (nSPS) is 10.2. The number of aliphatic carboxylic acids is 1. The SMILES string of the molecule is O=C(O)CCOc1ccc(-c2ccccc2F)cc1. The second-order valence-corrected chi connectivity index (χ2v) is 4.00. The van der Waals surface area contributed by atoms with Crippen LogP contribution in [0.15, 0.2) is 48.5 Å². The lowest BCUT2D eigenvalue weighted by Gasteiger charge is -2.07. The van der Waals surface area contributed by atoms with Crippen molar-refractivity contribution in [2.75, 3.05) is 6.61 Å². The Morgan fingerprint density at radius 3 is 2.42 bits per heavy atom. The Kier molecular flexibility index (Phi) is 4.13. The van der Waals surface area contributed by atoms with Crippen molar-refractivity contribution in [1.29, 1.82) is 0 Å². The number of benzene rings is 2. The van der Waals surface area contributed by atoms with Crippen LogP contribution in [0.3, 0.4) is 0 Å². The van der Waals surface area contributed by atoms with Crippen LogP contribution in [0, 0.1) is 5.82 Å². The molecular formula is C15H13FO3. The van der Waals surface area contributed by atoms with Gasteiger partial charge in [0.2, 0.25) is 0 Å². The molecule has 0 heterocycles. The van der Waals surface area contributed by atoms with Gasteiger partial charge >= 0.3 is 5.97 Å². The second kappa shape index (κ2) is 6.00. The van der Waals surface area contributed by atoms with E-state index in [0.717, 1.165) is 5.56 Å². The maximum atomic E-state index is 13.6. The molecule has 2 rings (SSSR count). The zero-order valence-electron chi connectivity index (χ0n) is 10.2. The molecule has 0 spiro atoms. The van der Waals surface area contributed by atoms with Crippen molar-refractivity contribution in [1.82, 2.24) is 0 Å². The zero-order chi connectivity index (χ0) is 13.7. The van der Waals surface area contributed by atoms with E-state index < -0.39 is 5.97 Å². The number of rotatable bonds is 5. The number of hydrogen-bond donors (Lipinski definition) is 1. The molecule has 0 bridgehead atoms. The fourth-order valence-electron chi connectivity index (χ4n) is 1.68. The van der Waals surface area contributed by atoms with Crippen LogP contribution in [0.1, 0.15) is 6.42 Å². The van der Waals surface area contributed by atoms with E-state index in [1.807, 2.05) is 0 Å². The average Bonchev–Trinajstić information content (AvgIpc) is 2.40. The van der Waals surface area contributed by atoms with Crippen LogP contribution in [0.4, 0.5) is 4.39 Å². The molecule has 0 unspecified atom stereocenters. The fourth-order valence-corrected chi connectivity index (χ4v) is 1.68. The number of ether oxygens (including phenoxy) is 1. The number of halogens is 1. The minimum absolute atomic E-state index is 0.0466. The first-order valence-electron chi connectivity index (χ1n) is 5.86. The molecule has 4 heteroatoms. The number of hydrogen-bond acceptors (Lipinski definition) is 2. The van der Waals surface area contributed by atoms with Gasteiger partial charge in [0.05, 0.1) is 13.0 Å². The van der Waals surface area contributed by atoms with Crippen molar-refractivity contribution < 1.29 is 19.0 Å². The summed E-state index contributed by atoms with van der Waals surface area (Å²) in [6.45, 7) is 0.119. The van der Waals surface area contributed by atoms with Crippen LogP contribution in [0.2, 0.25) is 0 Å². The van der Waals surface area contributed by atoms with Gasteiger partial charge in [-0.3, -0.25) is 4.79 Å². The quantitative estimate of drug-likeness (QED) is 0.896. The van der Waals surface area contributed by atoms with Gasteiger partial charge in [-0.1, -0.05) is 30.3 Å². The van der Waals surface area contributed by atoms with E-state index >= 15 is 0 Å². The highest BCUT2D eigenvalue weighted by atomic mass is 19.1. The Hall–Kier alpha value is -2.36.